The molecule has 0 bridgehead atoms. The largest absolute Gasteiger partial charge is 0.493 e. The molecule has 35 heavy (non-hydrogen) atoms. The summed E-state index contributed by atoms with van der Waals surface area (Å²) in [6, 6.07) is 17.2. The molecule has 2 amide bonds. The smallest absolute Gasteiger partial charge is 0.329 e. The SMILES string of the molecule is CCOc1ccccc1NC(=O)C(=O)N/N=C\c1cccc(OC)c1OCc1ccc(Cl)c(Cl)c1. The van der Waals surface area contributed by atoms with Gasteiger partial charge in [0.15, 0.2) is 11.5 Å². The highest BCUT2D eigenvalue weighted by Crippen LogP contribution is 2.31. The molecular weight excluding hydrogens is 493 g/mol. The summed E-state index contributed by atoms with van der Waals surface area (Å²) in [5.74, 6) is -0.524. The van der Waals surface area contributed by atoms with Gasteiger partial charge in [0.2, 0.25) is 0 Å². The van der Waals surface area contributed by atoms with Crippen LogP contribution in [-0.2, 0) is 16.2 Å². The highest BCUT2D eigenvalue weighted by molar-refractivity contribution is 6.42. The van der Waals surface area contributed by atoms with Crippen LogP contribution in [0.25, 0.3) is 0 Å². The van der Waals surface area contributed by atoms with Crippen LogP contribution in [0.15, 0.2) is 65.8 Å². The van der Waals surface area contributed by atoms with Crippen LogP contribution in [0.3, 0.4) is 0 Å². The number of amides is 2. The van der Waals surface area contributed by atoms with Crippen molar-refractivity contribution < 1.29 is 23.8 Å². The normalized spacial score (nSPS) is 10.6. The number of methoxy groups -OCH3 is 1. The minimum absolute atomic E-state index is 0.187. The standard InChI is InChI=1S/C25H23Cl2N3O5/c1-3-34-21-9-5-4-8-20(21)29-24(31)25(32)30-28-14-17-7-6-10-22(33-2)23(17)35-15-16-11-12-18(26)19(27)13-16/h4-14H,3,15H2,1-2H3,(H,29,31)(H,30,32)/b28-14-. The molecule has 0 heterocycles. The predicted octanol–water partition coefficient (Wildman–Crippen LogP) is 5.07. The molecule has 3 aromatic carbocycles. The van der Waals surface area contributed by atoms with E-state index in [0.717, 1.165) is 5.56 Å². The number of carbonyl (C=O) groups is 2. The van der Waals surface area contributed by atoms with Crippen LogP contribution >= 0.6 is 23.2 Å². The summed E-state index contributed by atoms with van der Waals surface area (Å²) in [5.41, 5.74) is 3.90. The third kappa shape index (κ3) is 7.11. The van der Waals surface area contributed by atoms with Gasteiger partial charge >= 0.3 is 11.8 Å². The number of rotatable bonds is 9. The molecule has 0 atom stereocenters. The molecule has 0 aliphatic heterocycles. The van der Waals surface area contributed by atoms with E-state index in [-0.39, 0.29) is 6.61 Å². The van der Waals surface area contributed by atoms with Gasteiger partial charge in [0.05, 0.1) is 35.7 Å². The van der Waals surface area contributed by atoms with Gasteiger partial charge in [-0.1, -0.05) is 47.5 Å². The van der Waals surface area contributed by atoms with E-state index >= 15 is 0 Å². The molecule has 8 nitrogen and oxygen atoms in total. The summed E-state index contributed by atoms with van der Waals surface area (Å²) in [6.45, 7) is 2.42. The Morgan fingerprint density at radius 3 is 2.46 bits per heavy atom. The lowest BCUT2D eigenvalue weighted by Gasteiger charge is -2.13. The number of para-hydroxylation sites is 3. The second-order valence-corrected chi connectivity index (χ2v) is 7.81. The maximum absolute atomic E-state index is 12.3. The highest BCUT2D eigenvalue weighted by Gasteiger charge is 2.16. The Bertz CT molecular complexity index is 1230. The van der Waals surface area contributed by atoms with Crippen LogP contribution in [0.4, 0.5) is 5.69 Å². The molecule has 2 N–H and O–H groups in total. The molecule has 0 aliphatic rings. The highest BCUT2D eigenvalue weighted by atomic mass is 35.5. The number of hydrogen-bond donors (Lipinski definition) is 2. The van der Waals surface area contributed by atoms with Gasteiger partial charge in [-0.15, -0.1) is 0 Å². The van der Waals surface area contributed by atoms with Gasteiger partial charge in [0.1, 0.15) is 12.4 Å². The average Bonchev–Trinajstić information content (AvgIpc) is 2.86. The maximum Gasteiger partial charge on any atom is 0.329 e. The van der Waals surface area contributed by atoms with Gasteiger partial charge in [-0.05, 0) is 48.9 Å². The fraction of sp³-hybridized carbons (Fsp3) is 0.160. The van der Waals surface area contributed by atoms with Crippen molar-refractivity contribution in [1.82, 2.24) is 5.43 Å². The van der Waals surface area contributed by atoms with Crippen molar-refractivity contribution in [2.75, 3.05) is 19.0 Å². The Balaban J connectivity index is 1.67. The van der Waals surface area contributed by atoms with E-state index in [1.54, 1.807) is 60.7 Å². The van der Waals surface area contributed by atoms with Gasteiger partial charge in [-0.2, -0.15) is 5.10 Å². The minimum atomic E-state index is -0.950. The van der Waals surface area contributed by atoms with Crippen molar-refractivity contribution >= 4 is 46.9 Å². The van der Waals surface area contributed by atoms with E-state index < -0.39 is 11.8 Å². The number of hydrazone groups is 1. The molecule has 0 saturated carbocycles. The molecule has 0 saturated heterocycles. The molecule has 0 aliphatic carbocycles. The molecule has 3 rings (SSSR count). The minimum Gasteiger partial charge on any atom is -0.493 e. The fourth-order valence-corrected chi connectivity index (χ4v) is 3.30. The van der Waals surface area contributed by atoms with E-state index in [9.17, 15) is 9.59 Å². The second kappa shape index (κ2) is 12.6. The van der Waals surface area contributed by atoms with Crippen LogP contribution in [0, 0.1) is 0 Å². The van der Waals surface area contributed by atoms with Crippen molar-refractivity contribution in [3.63, 3.8) is 0 Å². The number of carbonyl (C=O) groups excluding carboxylic acids is 2. The number of benzene rings is 3. The molecule has 10 heteroatoms. The molecule has 0 aromatic heterocycles. The Kier molecular flexibility index (Phi) is 9.34. The number of hydrogen-bond acceptors (Lipinski definition) is 6. The zero-order chi connectivity index (χ0) is 25.2. The molecule has 0 spiro atoms. The molecule has 0 fully saturated rings. The summed E-state index contributed by atoms with van der Waals surface area (Å²) in [5, 5.41) is 7.26. The second-order valence-electron chi connectivity index (χ2n) is 7.00. The lowest BCUT2D eigenvalue weighted by atomic mass is 10.2. The van der Waals surface area contributed by atoms with Crippen molar-refractivity contribution in [3.05, 3.63) is 81.8 Å². The number of ether oxygens (including phenoxy) is 3. The third-order valence-electron chi connectivity index (χ3n) is 4.61. The Hall–Kier alpha value is -3.75. The molecule has 182 valence electrons. The van der Waals surface area contributed by atoms with Crippen molar-refractivity contribution in [2.45, 2.75) is 13.5 Å². The van der Waals surface area contributed by atoms with Gasteiger partial charge < -0.3 is 19.5 Å². The van der Waals surface area contributed by atoms with Crippen LogP contribution in [0.5, 0.6) is 17.2 Å². The van der Waals surface area contributed by atoms with Crippen LogP contribution in [-0.4, -0.2) is 31.7 Å². The van der Waals surface area contributed by atoms with Gasteiger partial charge in [-0.25, -0.2) is 5.43 Å². The number of anilines is 1. The first-order valence-corrected chi connectivity index (χ1v) is 11.3. The fourth-order valence-electron chi connectivity index (χ4n) is 2.98. The lowest BCUT2D eigenvalue weighted by molar-refractivity contribution is -0.136. The maximum atomic E-state index is 12.3. The Morgan fingerprint density at radius 2 is 1.71 bits per heavy atom. The number of nitrogens with zero attached hydrogens (tertiary/aromatic N) is 1. The van der Waals surface area contributed by atoms with Crippen molar-refractivity contribution in [2.24, 2.45) is 5.10 Å². The van der Waals surface area contributed by atoms with Crippen LogP contribution < -0.4 is 25.0 Å². The first-order chi connectivity index (χ1) is 16.9. The third-order valence-corrected chi connectivity index (χ3v) is 5.35. The zero-order valence-corrected chi connectivity index (χ0v) is 20.5. The molecule has 0 unspecified atom stereocenters. The van der Waals surface area contributed by atoms with E-state index in [1.807, 2.05) is 6.92 Å². The zero-order valence-electron chi connectivity index (χ0n) is 19.0. The van der Waals surface area contributed by atoms with Gasteiger partial charge in [-0.3, -0.25) is 9.59 Å². The topological polar surface area (TPSA) is 98.2 Å². The van der Waals surface area contributed by atoms with Gasteiger partial charge in [0, 0.05) is 5.56 Å². The van der Waals surface area contributed by atoms with Crippen LogP contribution in [0.1, 0.15) is 18.1 Å². The average molecular weight is 516 g/mol. The Morgan fingerprint density at radius 1 is 0.943 bits per heavy atom. The quantitative estimate of drug-likeness (QED) is 0.235. The number of nitrogens with one attached hydrogen (secondary N) is 2. The van der Waals surface area contributed by atoms with E-state index in [4.69, 9.17) is 37.4 Å². The first kappa shape index (κ1) is 25.9. The number of halogens is 2. The summed E-state index contributed by atoms with van der Waals surface area (Å²) >= 11 is 12.0. The van der Waals surface area contributed by atoms with E-state index in [0.29, 0.717) is 45.2 Å². The molecule has 0 radical (unpaired) electrons. The van der Waals surface area contributed by atoms with E-state index in [2.05, 4.69) is 15.8 Å². The summed E-state index contributed by atoms with van der Waals surface area (Å²) in [7, 11) is 1.51. The predicted molar refractivity (Wildman–Crippen MR) is 136 cm³/mol. The summed E-state index contributed by atoms with van der Waals surface area (Å²) in [4.78, 5) is 24.5. The Labute approximate surface area is 212 Å². The molecule has 3 aromatic rings. The van der Waals surface area contributed by atoms with E-state index in [1.165, 1.54) is 13.3 Å². The van der Waals surface area contributed by atoms with Gasteiger partial charge in [0.25, 0.3) is 0 Å². The summed E-state index contributed by atoms with van der Waals surface area (Å²) < 4.78 is 16.8. The monoisotopic (exact) mass is 515 g/mol. The van der Waals surface area contributed by atoms with Crippen molar-refractivity contribution in [3.8, 4) is 17.2 Å². The summed E-state index contributed by atoms with van der Waals surface area (Å²) in [6.07, 6.45) is 1.35. The molecular formula is C25H23Cl2N3O5. The lowest BCUT2D eigenvalue weighted by Crippen LogP contribution is -2.32. The first-order valence-electron chi connectivity index (χ1n) is 10.5. The van der Waals surface area contributed by atoms with Crippen LogP contribution in [0.2, 0.25) is 10.0 Å². The van der Waals surface area contributed by atoms with Crippen molar-refractivity contribution in [1.29, 1.82) is 0 Å².